The van der Waals surface area contributed by atoms with E-state index in [1.54, 1.807) is 30.3 Å². The van der Waals surface area contributed by atoms with Crippen LogP contribution >= 0.6 is 0 Å². The van der Waals surface area contributed by atoms with Crippen molar-refractivity contribution in [1.29, 1.82) is 5.26 Å². The number of methoxy groups -OCH3 is 1. The highest BCUT2D eigenvalue weighted by atomic mass is 16.5. The van der Waals surface area contributed by atoms with Gasteiger partial charge in [0.2, 0.25) is 0 Å². The summed E-state index contributed by atoms with van der Waals surface area (Å²) in [5.41, 5.74) is 1.32. The minimum Gasteiger partial charge on any atom is -0.493 e. The Balaban J connectivity index is 1.70. The number of carbonyl (C=O) groups excluding carboxylic acids is 1. The summed E-state index contributed by atoms with van der Waals surface area (Å²) in [4.78, 5) is 11.5. The van der Waals surface area contributed by atoms with Gasteiger partial charge in [0, 0.05) is 18.2 Å². The average molecular weight is 324 g/mol. The van der Waals surface area contributed by atoms with Gasteiger partial charge in [0.25, 0.3) is 0 Å². The zero-order valence-corrected chi connectivity index (χ0v) is 13.1. The quantitative estimate of drug-likeness (QED) is 0.851. The first-order chi connectivity index (χ1) is 11.7. The summed E-state index contributed by atoms with van der Waals surface area (Å²) in [6, 6.07) is 14.0. The molecule has 0 spiro atoms. The molecule has 0 amide bonds. The number of nitrogens with zero attached hydrogens (tertiary/aromatic N) is 1. The maximum atomic E-state index is 11.5. The molecule has 1 fully saturated rings. The third kappa shape index (κ3) is 3.41. The monoisotopic (exact) mass is 324 g/mol. The molecule has 1 N–H and O–H groups in total. The number of hydrogen-bond acceptors (Lipinski definition) is 6. The van der Waals surface area contributed by atoms with E-state index in [2.05, 4.69) is 11.4 Å². The summed E-state index contributed by atoms with van der Waals surface area (Å²) >= 11 is 0. The molecule has 0 aliphatic carbocycles. The van der Waals surface area contributed by atoms with Crippen LogP contribution in [0.4, 0.5) is 5.69 Å². The van der Waals surface area contributed by atoms with Gasteiger partial charge in [-0.2, -0.15) is 5.26 Å². The van der Waals surface area contributed by atoms with Crippen LogP contribution in [0.25, 0.3) is 0 Å². The molecule has 6 nitrogen and oxygen atoms in total. The van der Waals surface area contributed by atoms with E-state index < -0.39 is 0 Å². The fourth-order valence-electron chi connectivity index (χ4n) is 2.40. The first-order valence-corrected chi connectivity index (χ1v) is 7.49. The second kappa shape index (κ2) is 6.92. The summed E-state index contributed by atoms with van der Waals surface area (Å²) in [5.74, 6) is 1.41. The molecular formula is C18H16N2O4. The van der Waals surface area contributed by atoms with Gasteiger partial charge < -0.3 is 19.5 Å². The van der Waals surface area contributed by atoms with E-state index in [1.807, 2.05) is 12.1 Å². The van der Waals surface area contributed by atoms with Gasteiger partial charge >= 0.3 is 5.97 Å². The van der Waals surface area contributed by atoms with Crippen molar-refractivity contribution in [2.24, 2.45) is 0 Å². The lowest BCUT2D eigenvalue weighted by Gasteiger charge is -2.13. The van der Waals surface area contributed by atoms with Crippen molar-refractivity contribution in [1.82, 2.24) is 0 Å². The van der Waals surface area contributed by atoms with Gasteiger partial charge in [-0.3, -0.25) is 0 Å². The zero-order chi connectivity index (χ0) is 16.9. The van der Waals surface area contributed by atoms with E-state index in [1.165, 1.54) is 7.11 Å². The summed E-state index contributed by atoms with van der Waals surface area (Å²) in [7, 11) is 1.52. The summed E-state index contributed by atoms with van der Waals surface area (Å²) in [6.07, 6.45) is 0.666. The zero-order valence-electron chi connectivity index (χ0n) is 13.1. The number of hydrogen-bond donors (Lipinski definition) is 1. The van der Waals surface area contributed by atoms with Crippen molar-refractivity contribution in [2.75, 3.05) is 19.0 Å². The SMILES string of the molecule is COc1cc(C#N)ccc1Oc1ccc(N[C@@H]2CCOC2=O)cc1. The van der Waals surface area contributed by atoms with E-state index in [0.29, 0.717) is 35.8 Å². The first-order valence-electron chi connectivity index (χ1n) is 7.49. The standard InChI is InChI=1S/C18H16N2O4/c1-22-17-10-12(11-19)2-7-16(17)24-14-5-3-13(4-6-14)20-15-8-9-23-18(15)21/h2-7,10,15,20H,8-9H2,1H3/t15-/m1/s1. The van der Waals surface area contributed by atoms with Gasteiger partial charge in [0.05, 0.1) is 25.3 Å². The maximum absolute atomic E-state index is 11.5. The summed E-state index contributed by atoms with van der Waals surface area (Å²) in [6.45, 7) is 0.455. The number of rotatable bonds is 5. The van der Waals surface area contributed by atoms with Gasteiger partial charge in [-0.05, 0) is 36.4 Å². The largest absolute Gasteiger partial charge is 0.493 e. The van der Waals surface area contributed by atoms with Crippen molar-refractivity contribution in [3.05, 3.63) is 48.0 Å². The normalized spacial score (nSPS) is 16.2. The van der Waals surface area contributed by atoms with Gasteiger partial charge in [-0.25, -0.2) is 4.79 Å². The number of esters is 1. The van der Waals surface area contributed by atoms with Crippen LogP contribution in [0.3, 0.4) is 0 Å². The van der Waals surface area contributed by atoms with Crippen molar-refractivity contribution in [3.8, 4) is 23.3 Å². The van der Waals surface area contributed by atoms with E-state index in [9.17, 15) is 4.79 Å². The molecule has 2 aromatic carbocycles. The Kier molecular flexibility index (Phi) is 4.52. The second-order valence-electron chi connectivity index (χ2n) is 5.26. The van der Waals surface area contributed by atoms with E-state index in [0.717, 1.165) is 5.69 Å². The van der Waals surface area contributed by atoms with Crippen LogP contribution in [0.5, 0.6) is 17.2 Å². The fourth-order valence-corrected chi connectivity index (χ4v) is 2.40. The lowest BCUT2D eigenvalue weighted by Crippen LogP contribution is -2.24. The molecule has 1 atom stereocenters. The minimum absolute atomic E-state index is 0.224. The van der Waals surface area contributed by atoms with Gasteiger partial charge in [0.15, 0.2) is 11.5 Å². The Bertz CT molecular complexity index is 781. The number of anilines is 1. The van der Waals surface area contributed by atoms with E-state index in [-0.39, 0.29) is 12.0 Å². The molecule has 0 saturated carbocycles. The molecular weight excluding hydrogens is 308 g/mol. The van der Waals surface area contributed by atoms with Crippen LogP contribution in [0.1, 0.15) is 12.0 Å². The highest BCUT2D eigenvalue weighted by Crippen LogP contribution is 2.32. The lowest BCUT2D eigenvalue weighted by molar-refractivity contribution is -0.138. The van der Waals surface area contributed by atoms with Gasteiger partial charge in [0.1, 0.15) is 11.8 Å². The molecule has 0 aromatic heterocycles. The molecule has 0 radical (unpaired) electrons. The molecule has 0 unspecified atom stereocenters. The Labute approximate surface area is 139 Å². The highest BCUT2D eigenvalue weighted by molar-refractivity contribution is 5.80. The van der Waals surface area contributed by atoms with Crippen LogP contribution in [0.15, 0.2) is 42.5 Å². The molecule has 0 bridgehead atoms. The Hall–Kier alpha value is -3.20. The smallest absolute Gasteiger partial charge is 0.328 e. The Morgan fingerprint density at radius 2 is 2.00 bits per heavy atom. The molecule has 122 valence electrons. The average Bonchev–Trinajstić information content (AvgIpc) is 3.01. The number of benzene rings is 2. The molecule has 2 aromatic rings. The molecule has 1 saturated heterocycles. The number of nitriles is 1. The fraction of sp³-hybridized carbons (Fsp3) is 0.222. The molecule has 1 aliphatic heterocycles. The van der Waals surface area contributed by atoms with E-state index in [4.69, 9.17) is 19.5 Å². The van der Waals surface area contributed by atoms with Crippen LogP contribution in [-0.4, -0.2) is 25.7 Å². The minimum atomic E-state index is -0.296. The Morgan fingerprint density at radius 3 is 2.62 bits per heavy atom. The van der Waals surface area contributed by atoms with Crippen molar-refractivity contribution in [2.45, 2.75) is 12.5 Å². The molecule has 24 heavy (non-hydrogen) atoms. The third-order valence-electron chi connectivity index (χ3n) is 3.65. The third-order valence-corrected chi connectivity index (χ3v) is 3.65. The van der Waals surface area contributed by atoms with Crippen molar-refractivity contribution >= 4 is 11.7 Å². The predicted molar refractivity (Wildman–Crippen MR) is 87.2 cm³/mol. The van der Waals surface area contributed by atoms with Crippen LogP contribution in [-0.2, 0) is 9.53 Å². The number of nitrogens with one attached hydrogen (secondary N) is 1. The molecule has 3 rings (SSSR count). The van der Waals surface area contributed by atoms with Gasteiger partial charge in [-0.15, -0.1) is 0 Å². The first kappa shape index (κ1) is 15.7. The molecule has 6 heteroatoms. The lowest BCUT2D eigenvalue weighted by atomic mass is 10.2. The maximum Gasteiger partial charge on any atom is 0.328 e. The summed E-state index contributed by atoms with van der Waals surface area (Å²) < 4.78 is 16.0. The second-order valence-corrected chi connectivity index (χ2v) is 5.26. The van der Waals surface area contributed by atoms with Crippen molar-refractivity contribution in [3.63, 3.8) is 0 Å². The number of carbonyl (C=O) groups is 1. The molecule has 1 heterocycles. The van der Waals surface area contributed by atoms with Crippen LogP contribution in [0, 0.1) is 11.3 Å². The topological polar surface area (TPSA) is 80.6 Å². The number of cyclic esters (lactones) is 1. The molecule has 1 aliphatic rings. The van der Waals surface area contributed by atoms with Crippen LogP contribution in [0.2, 0.25) is 0 Å². The van der Waals surface area contributed by atoms with E-state index >= 15 is 0 Å². The van der Waals surface area contributed by atoms with Gasteiger partial charge in [-0.1, -0.05) is 0 Å². The van der Waals surface area contributed by atoms with Crippen molar-refractivity contribution < 1.29 is 19.0 Å². The highest BCUT2D eigenvalue weighted by Gasteiger charge is 2.25. The van der Waals surface area contributed by atoms with Crippen LogP contribution < -0.4 is 14.8 Å². The summed E-state index contributed by atoms with van der Waals surface area (Å²) in [5, 5.41) is 12.0. The predicted octanol–water partition coefficient (Wildman–Crippen LogP) is 3.09. The Morgan fingerprint density at radius 1 is 1.21 bits per heavy atom. The number of ether oxygens (including phenoxy) is 3.